The van der Waals surface area contributed by atoms with Crippen molar-refractivity contribution in [1.82, 2.24) is 0 Å². The minimum atomic E-state index is 0.143. The van der Waals surface area contributed by atoms with Crippen LogP contribution in [0.1, 0.15) is 78.6 Å². The Labute approximate surface area is 108 Å². The molecule has 2 heteroatoms. The van der Waals surface area contributed by atoms with Crippen molar-refractivity contribution in [3.05, 3.63) is 0 Å². The van der Waals surface area contributed by atoms with Crippen LogP contribution in [0.4, 0.5) is 0 Å². The van der Waals surface area contributed by atoms with Gasteiger partial charge in [0.2, 0.25) is 0 Å². The Kier molecular flexibility index (Phi) is 4.57. The first-order valence-electron chi connectivity index (χ1n) is 7.86. The minimum absolute atomic E-state index is 0.143. The average Bonchev–Trinajstić information content (AvgIpc) is 2.29. The number of rotatable bonds is 5. The van der Waals surface area contributed by atoms with E-state index in [-0.39, 0.29) is 5.60 Å². The van der Waals surface area contributed by atoms with Crippen molar-refractivity contribution in [2.45, 2.75) is 95.8 Å². The summed E-state index contributed by atoms with van der Waals surface area (Å²) in [5.74, 6) is 1.76. The van der Waals surface area contributed by atoms with E-state index in [0.717, 1.165) is 18.1 Å². The molecule has 98 valence electrons. The molecule has 2 fully saturated rings. The fraction of sp³-hybridized carbons (Fsp3) is 1.00. The summed E-state index contributed by atoms with van der Waals surface area (Å²) in [5.41, 5.74) is 0.143. The third-order valence-corrected chi connectivity index (χ3v) is 5.18. The summed E-state index contributed by atoms with van der Waals surface area (Å²) in [6.45, 7) is 7.49. The van der Waals surface area contributed by atoms with Crippen molar-refractivity contribution < 1.29 is 4.65 Å². The fourth-order valence-corrected chi connectivity index (χ4v) is 3.98. The largest absolute Gasteiger partial charge is 0.430 e. The Hall–Kier alpha value is 0.0249. The molecule has 17 heavy (non-hydrogen) atoms. The van der Waals surface area contributed by atoms with Gasteiger partial charge in [-0.05, 0) is 31.4 Å². The molecule has 2 aliphatic heterocycles. The summed E-state index contributed by atoms with van der Waals surface area (Å²) >= 11 is 0. The van der Waals surface area contributed by atoms with Crippen molar-refractivity contribution in [1.29, 1.82) is 0 Å². The third kappa shape index (κ3) is 3.07. The van der Waals surface area contributed by atoms with Gasteiger partial charge in [-0.15, -0.1) is 0 Å². The highest BCUT2D eigenvalue weighted by molar-refractivity contribution is 6.56. The summed E-state index contributed by atoms with van der Waals surface area (Å²) in [4.78, 5) is 0. The monoisotopic (exact) mass is 236 g/mol. The van der Waals surface area contributed by atoms with Crippen molar-refractivity contribution in [3.63, 3.8) is 0 Å². The standard InChI is InChI=1S/C15H29BO/c1-4-12-15(3,5-2)17-16-13-8-6-9-14(16)11-7-10-13/h13-14H,4-12H2,1-3H3. The number of fused-ring (bicyclic) bond motifs is 2. The summed E-state index contributed by atoms with van der Waals surface area (Å²) < 4.78 is 6.64. The molecule has 1 unspecified atom stereocenters. The lowest BCUT2D eigenvalue weighted by Crippen LogP contribution is -2.44. The van der Waals surface area contributed by atoms with Gasteiger partial charge in [-0.1, -0.05) is 58.8 Å². The zero-order valence-electron chi connectivity index (χ0n) is 12.0. The van der Waals surface area contributed by atoms with Gasteiger partial charge in [-0.25, -0.2) is 0 Å². The van der Waals surface area contributed by atoms with Gasteiger partial charge in [0.25, 0.3) is 6.92 Å². The van der Waals surface area contributed by atoms with Gasteiger partial charge in [-0.3, -0.25) is 0 Å². The molecule has 1 atom stereocenters. The van der Waals surface area contributed by atoms with Gasteiger partial charge in [0.1, 0.15) is 0 Å². The molecule has 0 radical (unpaired) electrons. The zero-order chi connectivity index (χ0) is 12.3. The maximum atomic E-state index is 6.64. The van der Waals surface area contributed by atoms with Gasteiger partial charge >= 0.3 is 0 Å². The molecule has 2 bridgehead atoms. The Morgan fingerprint density at radius 3 is 2.00 bits per heavy atom. The molecule has 2 aliphatic rings. The Morgan fingerprint density at radius 2 is 1.59 bits per heavy atom. The molecule has 0 saturated carbocycles. The second-order valence-corrected chi connectivity index (χ2v) is 6.52. The molecule has 0 aromatic heterocycles. The summed E-state index contributed by atoms with van der Waals surface area (Å²) in [6, 6.07) is 0. The molecule has 1 nitrogen and oxygen atoms in total. The van der Waals surface area contributed by atoms with E-state index in [4.69, 9.17) is 4.65 Å². The van der Waals surface area contributed by atoms with Crippen molar-refractivity contribution in [3.8, 4) is 0 Å². The van der Waals surface area contributed by atoms with E-state index in [2.05, 4.69) is 20.8 Å². The number of hydrogen-bond acceptors (Lipinski definition) is 1. The maximum Gasteiger partial charge on any atom is 0.300 e. The summed E-state index contributed by atoms with van der Waals surface area (Å²) in [7, 11) is 0. The third-order valence-electron chi connectivity index (χ3n) is 5.18. The van der Waals surface area contributed by atoms with Crippen LogP contribution in [-0.4, -0.2) is 12.5 Å². The summed E-state index contributed by atoms with van der Waals surface area (Å²) in [5, 5.41) is 0. The average molecular weight is 236 g/mol. The molecule has 0 aromatic carbocycles. The first kappa shape index (κ1) is 13.5. The SMILES string of the molecule is CCCC(C)(CC)OB1C2CCCC1CCC2. The van der Waals surface area contributed by atoms with Gasteiger partial charge in [0, 0.05) is 5.60 Å². The molecule has 0 aromatic rings. The fourth-order valence-electron chi connectivity index (χ4n) is 3.98. The molecule has 0 spiro atoms. The van der Waals surface area contributed by atoms with Crippen LogP contribution in [-0.2, 0) is 4.65 Å². The van der Waals surface area contributed by atoms with Crippen LogP contribution < -0.4 is 0 Å². The van der Waals surface area contributed by atoms with Gasteiger partial charge in [0.05, 0.1) is 0 Å². The van der Waals surface area contributed by atoms with Gasteiger partial charge < -0.3 is 4.65 Å². The van der Waals surface area contributed by atoms with Crippen LogP contribution in [0, 0.1) is 0 Å². The topological polar surface area (TPSA) is 9.23 Å². The van der Waals surface area contributed by atoms with Crippen LogP contribution in [0.25, 0.3) is 0 Å². The Bertz CT molecular complexity index is 221. The van der Waals surface area contributed by atoms with Crippen LogP contribution in [0.5, 0.6) is 0 Å². The molecule has 0 amide bonds. The van der Waals surface area contributed by atoms with Gasteiger partial charge in [-0.2, -0.15) is 0 Å². The van der Waals surface area contributed by atoms with Crippen molar-refractivity contribution in [2.24, 2.45) is 0 Å². The van der Waals surface area contributed by atoms with E-state index >= 15 is 0 Å². The first-order valence-corrected chi connectivity index (χ1v) is 7.86. The quantitative estimate of drug-likeness (QED) is 0.605. The van der Waals surface area contributed by atoms with Crippen LogP contribution in [0.15, 0.2) is 0 Å². The van der Waals surface area contributed by atoms with Crippen molar-refractivity contribution >= 4 is 6.92 Å². The van der Waals surface area contributed by atoms with Crippen LogP contribution in [0.3, 0.4) is 0 Å². The lowest BCUT2D eigenvalue weighted by molar-refractivity contribution is 0.0593. The Morgan fingerprint density at radius 1 is 1.06 bits per heavy atom. The molecule has 0 N–H and O–H groups in total. The molecule has 2 rings (SSSR count). The van der Waals surface area contributed by atoms with Crippen molar-refractivity contribution in [2.75, 3.05) is 0 Å². The van der Waals surface area contributed by atoms with E-state index in [9.17, 15) is 0 Å². The van der Waals surface area contributed by atoms with Crippen LogP contribution in [0.2, 0.25) is 11.6 Å². The van der Waals surface area contributed by atoms with Crippen LogP contribution >= 0.6 is 0 Å². The summed E-state index contributed by atoms with van der Waals surface area (Å²) in [6.07, 6.45) is 12.2. The van der Waals surface area contributed by atoms with E-state index in [1.165, 1.54) is 51.4 Å². The second-order valence-electron chi connectivity index (χ2n) is 6.52. The lowest BCUT2D eigenvalue weighted by Gasteiger charge is -2.44. The molecular formula is C15H29BO. The maximum absolute atomic E-state index is 6.64. The van der Waals surface area contributed by atoms with Gasteiger partial charge in [0.15, 0.2) is 0 Å². The minimum Gasteiger partial charge on any atom is -0.430 e. The Balaban J connectivity index is 2.00. The highest BCUT2D eigenvalue weighted by atomic mass is 16.5. The smallest absolute Gasteiger partial charge is 0.300 e. The highest BCUT2D eigenvalue weighted by Crippen LogP contribution is 2.48. The predicted octanol–water partition coefficient (Wildman–Crippen LogP) is 5.07. The molecule has 0 aliphatic carbocycles. The van der Waals surface area contributed by atoms with E-state index in [0.29, 0.717) is 6.92 Å². The molecule has 2 saturated heterocycles. The number of hydrogen-bond donors (Lipinski definition) is 0. The molecule has 2 heterocycles. The molecular weight excluding hydrogens is 207 g/mol. The van der Waals surface area contributed by atoms with E-state index in [1.54, 1.807) is 0 Å². The highest BCUT2D eigenvalue weighted by Gasteiger charge is 2.44. The predicted molar refractivity (Wildman–Crippen MR) is 75.6 cm³/mol. The lowest BCUT2D eigenvalue weighted by atomic mass is 9.37. The van der Waals surface area contributed by atoms with E-state index in [1.807, 2.05) is 0 Å². The second kappa shape index (κ2) is 5.78. The van der Waals surface area contributed by atoms with E-state index < -0.39 is 0 Å². The zero-order valence-corrected chi connectivity index (χ0v) is 12.0. The first-order chi connectivity index (χ1) is 8.18. The normalized spacial score (nSPS) is 32.3.